The second kappa shape index (κ2) is 8.80. The van der Waals surface area contributed by atoms with Crippen LogP contribution in [0.2, 0.25) is 0 Å². The first-order chi connectivity index (χ1) is 15.4. The van der Waals surface area contributed by atoms with Crippen molar-refractivity contribution >= 4 is 27.3 Å². The summed E-state index contributed by atoms with van der Waals surface area (Å²) in [7, 11) is -0.882. The number of fused-ring (bicyclic) bond motifs is 1. The molecule has 0 fully saturated rings. The topological polar surface area (TPSA) is 94.2 Å². The zero-order chi connectivity index (χ0) is 22.7. The van der Waals surface area contributed by atoms with Crippen LogP contribution in [0.1, 0.15) is 0 Å². The average molecular weight is 455 g/mol. The Morgan fingerprint density at radius 3 is 2.38 bits per heavy atom. The fourth-order valence-electron chi connectivity index (χ4n) is 3.42. The Labute approximate surface area is 186 Å². The van der Waals surface area contributed by atoms with Gasteiger partial charge in [-0.25, -0.2) is 8.42 Å². The molecule has 4 rings (SSSR count). The number of benzene rings is 3. The van der Waals surface area contributed by atoms with E-state index >= 15 is 0 Å². The molecule has 1 atom stereocenters. The maximum absolute atomic E-state index is 13.3. The van der Waals surface area contributed by atoms with Gasteiger partial charge in [-0.05, 0) is 36.4 Å². The van der Waals surface area contributed by atoms with E-state index in [1.165, 1.54) is 30.7 Å². The summed E-state index contributed by atoms with van der Waals surface area (Å²) < 4.78 is 44.2. The minimum absolute atomic E-state index is 0.135. The van der Waals surface area contributed by atoms with Crippen LogP contribution in [0.5, 0.6) is 17.2 Å². The van der Waals surface area contributed by atoms with E-state index in [-0.39, 0.29) is 11.4 Å². The summed E-state index contributed by atoms with van der Waals surface area (Å²) >= 11 is 0. The molecule has 1 aliphatic heterocycles. The molecule has 1 unspecified atom stereocenters. The van der Waals surface area contributed by atoms with Crippen LogP contribution in [-0.4, -0.2) is 41.2 Å². The molecule has 0 saturated carbocycles. The minimum atomic E-state index is -3.90. The number of hydrogen-bond donors (Lipinski definition) is 1. The predicted molar refractivity (Wildman–Crippen MR) is 120 cm³/mol. The van der Waals surface area contributed by atoms with Gasteiger partial charge in [-0.3, -0.25) is 9.10 Å². The lowest BCUT2D eigenvalue weighted by molar-refractivity contribution is -0.122. The van der Waals surface area contributed by atoms with Gasteiger partial charge in [0.1, 0.15) is 5.75 Å². The molecule has 32 heavy (non-hydrogen) atoms. The number of hydrogen-bond acceptors (Lipinski definition) is 6. The number of nitrogens with one attached hydrogen (secondary N) is 1. The van der Waals surface area contributed by atoms with Crippen molar-refractivity contribution in [2.45, 2.75) is 11.0 Å². The van der Waals surface area contributed by atoms with Gasteiger partial charge in [0.15, 0.2) is 17.6 Å². The molecule has 0 aliphatic carbocycles. The van der Waals surface area contributed by atoms with E-state index in [1.54, 1.807) is 60.7 Å². The number of para-hydroxylation sites is 2. The summed E-state index contributed by atoms with van der Waals surface area (Å²) in [4.78, 5) is 13.1. The van der Waals surface area contributed by atoms with Crippen molar-refractivity contribution in [2.24, 2.45) is 0 Å². The molecular weight excluding hydrogens is 432 g/mol. The molecule has 1 amide bonds. The van der Waals surface area contributed by atoms with Crippen LogP contribution in [0, 0.1) is 0 Å². The van der Waals surface area contributed by atoms with E-state index in [0.29, 0.717) is 28.6 Å². The first kappa shape index (κ1) is 21.5. The monoisotopic (exact) mass is 454 g/mol. The van der Waals surface area contributed by atoms with Crippen LogP contribution < -0.4 is 23.8 Å². The molecule has 1 heterocycles. The van der Waals surface area contributed by atoms with Gasteiger partial charge >= 0.3 is 0 Å². The lowest BCUT2D eigenvalue weighted by atomic mass is 10.2. The molecule has 0 bridgehead atoms. The first-order valence-corrected chi connectivity index (χ1v) is 11.2. The molecule has 9 heteroatoms. The van der Waals surface area contributed by atoms with Crippen LogP contribution in [0.4, 0.5) is 11.4 Å². The summed E-state index contributed by atoms with van der Waals surface area (Å²) in [6.45, 7) is -0.173. The van der Waals surface area contributed by atoms with Gasteiger partial charge in [0.05, 0.1) is 31.3 Å². The summed E-state index contributed by atoms with van der Waals surface area (Å²) in [6, 6.07) is 19.8. The second-order valence-corrected chi connectivity index (χ2v) is 8.84. The van der Waals surface area contributed by atoms with Gasteiger partial charge in [-0.15, -0.1) is 0 Å². The number of ether oxygens (including phenoxy) is 3. The van der Waals surface area contributed by atoms with E-state index < -0.39 is 22.0 Å². The van der Waals surface area contributed by atoms with Crippen LogP contribution in [0.3, 0.4) is 0 Å². The number of carbonyl (C=O) groups is 1. The van der Waals surface area contributed by atoms with Crippen LogP contribution >= 0.6 is 0 Å². The Kier molecular flexibility index (Phi) is 5.91. The van der Waals surface area contributed by atoms with Crippen LogP contribution in [0.25, 0.3) is 0 Å². The van der Waals surface area contributed by atoms with Crippen molar-refractivity contribution in [3.05, 3.63) is 72.8 Å². The minimum Gasteiger partial charge on any atom is -0.493 e. The third-order valence-corrected chi connectivity index (χ3v) is 6.80. The zero-order valence-electron chi connectivity index (χ0n) is 17.5. The normalized spacial score (nSPS) is 15.3. The van der Waals surface area contributed by atoms with E-state index in [1.807, 2.05) is 0 Å². The van der Waals surface area contributed by atoms with Gasteiger partial charge in [0, 0.05) is 11.8 Å². The number of amides is 1. The Balaban J connectivity index is 1.63. The van der Waals surface area contributed by atoms with Crippen LogP contribution in [0.15, 0.2) is 77.7 Å². The molecule has 1 aliphatic rings. The van der Waals surface area contributed by atoms with E-state index in [0.717, 1.165) is 0 Å². The smallest absolute Gasteiger partial charge is 0.267 e. The third-order valence-electron chi connectivity index (χ3n) is 5.01. The van der Waals surface area contributed by atoms with E-state index in [2.05, 4.69) is 5.32 Å². The fourth-order valence-corrected chi connectivity index (χ4v) is 4.92. The van der Waals surface area contributed by atoms with Gasteiger partial charge < -0.3 is 19.5 Å². The highest BCUT2D eigenvalue weighted by Crippen LogP contribution is 2.37. The zero-order valence-corrected chi connectivity index (χ0v) is 18.3. The maximum Gasteiger partial charge on any atom is 0.267 e. The van der Waals surface area contributed by atoms with Gasteiger partial charge in [0.25, 0.3) is 15.9 Å². The van der Waals surface area contributed by atoms with Crippen molar-refractivity contribution in [1.82, 2.24) is 0 Å². The Bertz CT molecular complexity index is 1230. The highest BCUT2D eigenvalue weighted by Gasteiger charge is 2.37. The molecule has 8 nitrogen and oxygen atoms in total. The lowest BCUT2D eigenvalue weighted by Crippen LogP contribution is -2.48. The number of nitrogens with zero attached hydrogens (tertiary/aromatic N) is 1. The highest BCUT2D eigenvalue weighted by atomic mass is 32.2. The first-order valence-electron chi connectivity index (χ1n) is 9.80. The predicted octanol–water partition coefficient (Wildman–Crippen LogP) is 3.30. The molecule has 3 aromatic rings. The number of carbonyl (C=O) groups excluding carboxylic acids is 1. The number of rotatable bonds is 6. The summed E-state index contributed by atoms with van der Waals surface area (Å²) in [5, 5.41) is 2.76. The Hall–Kier alpha value is -3.72. The summed E-state index contributed by atoms with van der Waals surface area (Å²) in [5.41, 5.74) is 0.846. The van der Waals surface area contributed by atoms with Crippen LogP contribution in [-0.2, 0) is 14.8 Å². The van der Waals surface area contributed by atoms with Crippen molar-refractivity contribution in [1.29, 1.82) is 0 Å². The molecular formula is C23H22N2O6S. The molecule has 0 spiro atoms. The Morgan fingerprint density at radius 2 is 1.66 bits per heavy atom. The van der Waals surface area contributed by atoms with E-state index in [4.69, 9.17) is 14.2 Å². The Morgan fingerprint density at radius 1 is 0.969 bits per heavy atom. The molecule has 0 saturated heterocycles. The summed E-state index contributed by atoms with van der Waals surface area (Å²) in [6.07, 6.45) is -1.06. The third kappa shape index (κ3) is 4.06. The summed E-state index contributed by atoms with van der Waals surface area (Å²) in [5.74, 6) is 0.799. The fraction of sp³-hybridized carbons (Fsp3) is 0.174. The van der Waals surface area contributed by atoms with Crippen molar-refractivity contribution < 1.29 is 27.4 Å². The number of anilines is 2. The lowest BCUT2D eigenvalue weighted by Gasteiger charge is -2.34. The molecule has 3 aromatic carbocycles. The van der Waals surface area contributed by atoms with Gasteiger partial charge in [0.2, 0.25) is 0 Å². The number of sulfonamides is 1. The number of methoxy groups -OCH3 is 2. The largest absolute Gasteiger partial charge is 0.493 e. The standard InChI is InChI=1S/C23H22N2O6S/c1-29-20-13-12-16(14-21(20)30-2)24-23(26)22-15-25(18-10-6-7-11-19(18)31-22)32(27,28)17-8-4-3-5-9-17/h3-14,22H,15H2,1-2H3,(H,24,26). The molecule has 1 N–H and O–H groups in total. The van der Waals surface area contributed by atoms with Crippen molar-refractivity contribution in [3.63, 3.8) is 0 Å². The molecule has 166 valence electrons. The van der Waals surface area contributed by atoms with Crippen molar-refractivity contribution in [2.75, 3.05) is 30.4 Å². The van der Waals surface area contributed by atoms with E-state index in [9.17, 15) is 13.2 Å². The maximum atomic E-state index is 13.3. The van der Waals surface area contributed by atoms with Gasteiger partial charge in [-0.1, -0.05) is 30.3 Å². The quantitative estimate of drug-likeness (QED) is 0.614. The molecule has 0 aromatic heterocycles. The average Bonchev–Trinajstić information content (AvgIpc) is 2.83. The van der Waals surface area contributed by atoms with Gasteiger partial charge in [-0.2, -0.15) is 0 Å². The highest BCUT2D eigenvalue weighted by molar-refractivity contribution is 7.92. The SMILES string of the molecule is COc1ccc(NC(=O)C2CN(S(=O)(=O)c3ccccc3)c3ccccc3O2)cc1OC. The van der Waals surface area contributed by atoms with Crippen molar-refractivity contribution in [3.8, 4) is 17.2 Å². The second-order valence-electron chi connectivity index (χ2n) is 6.98. The molecule has 0 radical (unpaired) electrons.